The summed E-state index contributed by atoms with van der Waals surface area (Å²) < 4.78 is 52.3. The summed E-state index contributed by atoms with van der Waals surface area (Å²) in [5.74, 6) is -2.33. The van der Waals surface area contributed by atoms with Crippen molar-refractivity contribution in [1.29, 1.82) is 0 Å². The zero-order chi connectivity index (χ0) is 28.4. The molecular weight excluding hydrogens is 526 g/mol. The molecule has 39 heavy (non-hydrogen) atoms. The molecule has 3 aromatic carbocycles. The minimum absolute atomic E-state index is 0.0238. The molecule has 210 valence electrons. The molecule has 10 heteroatoms. The SMILES string of the molecule is CCc1cccc(CNC[C@@H](O)[C@H](Cc2cc(F)cc(F)c2)NC(=O)c2ccc(S(=O)(=O)CCCO)cc2)c1. The van der Waals surface area contributed by atoms with E-state index in [9.17, 15) is 27.1 Å². The number of rotatable bonds is 14. The summed E-state index contributed by atoms with van der Waals surface area (Å²) in [6.07, 6.45) is -0.150. The van der Waals surface area contributed by atoms with Crippen LogP contribution in [0.2, 0.25) is 0 Å². The molecule has 0 fully saturated rings. The standard InChI is InChI=1S/C29H34F2N2O5S/c1-2-20-5-3-6-21(13-20)18-32-19-28(35)27(16-22-14-24(30)17-25(31)15-22)33-29(36)23-7-9-26(10-8-23)39(37,38)12-4-11-34/h3,5-10,13-15,17,27-28,32,34-35H,2,4,11-12,16,18-19H2,1H3,(H,33,36)/t27-,28+/m0/s1. The summed E-state index contributed by atoms with van der Waals surface area (Å²) in [7, 11) is -3.60. The number of halogens is 2. The Morgan fingerprint density at radius 3 is 2.26 bits per heavy atom. The molecule has 0 aliphatic heterocycles. The fourth-order valence-corrected chi connectivity index (χ4v) is 5.47. The van der Waals surface area contributed by atoms with E-state index in [1.54, 1.807) is 0 Å². The molecule has 2 atom stereocenters. The molecular formula is C29H34F2N2O5S. The maximum absolute atomic E-state index is 13.8. The first-order chi connectivity index (χ1) is 18.6. The number of hydrogen-bond donors (Lipinski definition) is 4. The topological polar surface area (TPSA) is 116 Å². The lowest BCUT2D eigenvalue weighted by atomic mass is 10.00. The van der Waals surface area contributed by atoms with Gasteiger partial charge in [-0.25, -0.2) is 17.2 Å². The smallest absolute Gasteiger partial charge is 0.251 e. The Bertz CT molecular complexity index is 1330. The Hall–Kier alpha value is -3.18. The van der Waals surface area contributed by atoms with E-state index in [4.69, 9.17) is 5.11 Å². The lowest BCUT2D eigenvalue weighted by Gasteiger charge is -2.25. The normalized spacial score (nSPS) is 13.2. The van der Waals surface area contributed by atoms with E-state index in [1.807, 2.05) is 18.2 Å². The fourth-order valence-electron chi connectivity index (χ4n) is 4.17. The van der Waals surface area contributed by atoms with Crippen molar-refractivity contribution in [2.75, 3.05) is 18.9 Å². The molecule has 0 saturated carbocycles. The first kappa shape index (κ1) is 30.4. The summed E-state index contributed by atoms with van der Waals surface area (Å²) in [5, 5.41) is 25.7. The minimum atomic E-state index is -3.60. The summed E-state index contributed by atoms with van der Waals surface area (Å²) in [4.78, 5) is 13.0. The van der Waals surface area contributed by atoms with Crippen LogP contribution in [0.15, 0.2) is 71.6 Å². The third-order valence-electron chi connectivity index (χ3n) is 6.29. The molecule has 0 heterocycles. The number of carbonyl (C=O) groups excluding carboxylic acids is 1. The van der Waals surface area contributed by atoms with E-state index in [2.05, 4.69) is 23.6 Å². The molecule has 0 bridgehead atoms. The number of benzene rings is 3. The van der Waals surface area contributed by atoms with E-state index in [-0.39, 0.29) is 47.8 Å². The fraction of sp³-hybridized carbons (Fsp3) is 0.345. The van der Waals surface area contributed by atoms with Gasteiger partial charge in [0.25, 0.3) is 5.91 Å². The maximum Gasteiger partial charge on any atom is 0.251 e. The largest absolute Gasteiger partial charge is 0.396 e. The molecule has 0 saturated heterocycles. The maximum atomic E-state index is 13.8. The van der Waals surface area contributed by atoms with Crippen LogP contribution in [0.3, 0.4) is 0 Å². The number of amides is 1. The second kappa shape index (κ2) is 14.3. The minimum Gasteiger partial charge on any atom is -0.396 e. The molecule has 0 radical (unpaired) electrons. The lowest BCUT2D eigenvalue weighted by Crippen LogP contribution is -2.48. The Kier molecular flexibility index (Phi) is 11.1. The zero-order valence-electron chi connectivity index (χ0n) is 21.7. The number of hydrogen-bond acceptors (Lipinski definition) is 6. The van der Waals surface area contributed by atoms with Crippen LogP contribution in [-0.4, -0.2) is 55.6 Å². The number of nitrogens with one attached hydrogen (secondary N) is 2. The Balaban J connectivity index is 1.72. The van der Waals surface area contributed by atoms with Crippen molar-refractivity contribution in [2.45, 2.75) is 49.8 Å². The Morgan fingerprint density at radius 2 is 1.62 bits per heavy atom. The van der Waals surface area contributed by atoms with Crippen LogP contribution in [-0.2, 0) is 29.2 Å². The van der Waals surface area contributed by atoms with Gasteiger partial charge in [-0.1, -0.05) is 31.2 Å². The van der Waals surface area contributed by atoms with Crippen LogP contribution >= 0.6 is 0 Å². The summed E-state index contributed by atoms with van der Waals surface area (Å²) >= 11 is 0. The number of sulfone groups is 1. The second-order valence-electron chi connectivity index (χ2n) is 9.35. The van der Waals surface area contributed by atoms with Gasteiger partial charge in [0.15, 0.2) is 9.84 Å². The van der Waals surface area contributed by atoms with Crippen molar-refractivity contribution in [3.05, 3.63) is 101 Å². The van der Waals surface area contributed by atoms with Crippen LogP contribution in [0.5, 0.6) is 0 Å². The van der Waals surface area contributed by atoms with Gasteiger partial charge in [-0.3, -0.25) is 4.79 Å². The van der Waals surface area contributed by atoms with Crippen LogP contribution in [0, 0.1) is 11.6 Å². The highest BCUT2D eigenvalue weighted by Gasteiger charge is 2.23. The summed E-state index contributed by atoms with van der Waals surface area (Å²) in [6.45, 7) is 2.38. The Labute approximate surface area is 227 Å². The van der Waals surface area contributed by atoms with Gasteiger partial charge >= 0.3 is 0 Å². The van der Waals surface area contributed by atoms with E-state index in [1.165, 1.54) is 29.8 Å². The van der Waals surface area contributed by atoms with Crippen LogP contribution in [0.25, 0.3) is 0 Å². The summed E-state index contributed by atoms with van der Waals surface area (Å²) in [6, 6.07) is 15.4. The molecule has 7 nitrogen and oxygen atoms in total. The Morgan fingerprint density at radius 1 is 0.949 bits per heavy atom. The molecule has 0 aliphatic rings. The predicted molar refractivity (Wildman–Crippen MR) is 145 cm³/mol. The number of aryl methyl sites for hydroxylation is 1. The molecule has 1 amide bonds. The average molecular weight is 561 g/mol. The highest BCUT2D eigenvalue weighted by molar-refractivity contribution is 7.91. The van der Waals surface area contributed by atoms with Gasteiger partial charge in [0, 0.05) is 31.3 Å². The summed E-state index contributed by atoms with van der Waals surface area (Å²) in [5.41, 5.74) is 2.63. The molecule has 0 aromatic heterocycles. The van der Waals surface area contributed by atoms with Crippen molar-refractivity contribution in [3.8, 4) is 0 Å². The molecule has 0 unspecified atom stereocenters. The van der Waals surface area contributed by atoms with Gasteiger partial charge in [-0.05, 0) is 72.4 Å². The van der Waals surface area contributed by atoms with E-state index >= 15 is 0 Å². The number of aliphatic hydroxyl groups is 2. The van der Waals surface area contributed by atoms with Gasteiger partial charge in [-0.15, -0.1) is 0 Å². The second-order valence-corrected chi connectivity index (χ2v) is 11.5. The van der Waals surface area contributed by atoms with Crippen LogP contribution < -0.4 is 10.6 Å². The highest BCUT2D eigenvalue weighted by Crippen LogP contribution is 2.16. The molecule has 0 aliphatic carbocycles. The zero-order valence-corrected chi connectivity index (χ0v) is 22.6. The van der Waals surface area contributed by atoms with E-state index in [0.29, 0.717) is 6.54 Å². The quantitative estimate of drug-likeness (QED) is 0.241. The first-order valence-corrected chi connectivity index (χ1v) is 14.4. The van der Waals surface area contributed by atoms with Crippen molar-refractivity contribution >= 4 is 15.7 Å². The average Bonchev–Trinajstić information content (AvgIpc) is 2.91. The van der Waals surface area contributed by atoms with Gasteiger partial charge in [-0.2, -0.15) is 0 Å². The van der Waals surface area contributed by atoms with Crippen molar-refractivity contribution in [3.63, 3.8) is 0 Å². The number of carbonyl (C=O) groups is 1. The van der Waals surface area contributed by atoms with Gasteiger partial charge in [0.2, 0.25) is 0 Å². The lowest BCUT2D eigenvalue weighted by molar-refractivity contribution is 0.0829. The van der Waals surface area contributed by atoms with Gasteiger partial charge in [0.05, 0.1) is 22.8 Å². The van der Waals surface area contributed by atoms with Crippen LogP contribution in [0.1, 0.15) is 40.4 Å². The third kappa shape index (κ3) is 9.21. The molecule has 0 spiro atoms. The first-order valence-electron chi connectivity index (χ1n) is 12.8. The molecule has 3 rings (SSSR count). The van der Waals surface area contributed by atoms with E-state index in [0.717, 1.165) is 30.2 Å². The van der Waals surface area contributed by atoms with Crippen molar-refractivity contribution < 1.29 is 32.2 Å². The van der Waals surface area contributed by atoms with E-state index < -0.39 is 39.5 Å². The van der Waals surface area contributed by atoms with Crippen molar-refractivity contribution in [1.82, 2.24) is 10.6 Å². The molecule has 3 aromatic rings. The van der Waals surface area contributed by atoms with Gasteiger partial charge in [0.1, 0.15) is 11.6 Å². The third-order valence-corrected chi connectivity index (χ3v) is 8.10. The van der Waals surface area contributed by atoms with Gasteiger partial charge < -0.3 is 20.8 Å². The van der Waals surface area contributed by atoms with Crippen molar-refractivity contribution in [2.24, 2.45) is 0 Å². The molecule has 4 N–H and O–H groups in total. The van der Waals surface area contributed by atoms with Crippen LogP contribution in [0.4, 0.5) is 8.78 Å². The highest BCUT2D eigenvalue weighted by atomic mass is 32.2. The monoisotopic (exact) mass is 560 g/mol. The predicted octanol–water partition coefficient (Wildman–Crippen LogP) is 3.18. The number of aliphatic hydroxyl groups excluding tert-OH is 2.